The molecule has 0 spiro atoms. The van der Waals surface area contributed by atoms with Crippen molar-refractivity contribution in [1.82, 2.24) is 14.8 Å². The Kier molecular flexibility index (Phi) is 8.18. The molecule has 1 aliphatic rings. The first-order chi connectivity index (χ1) is 15.3. The van der Waals surface area contributed by atoms with E-state index < -0.39 is 0 Å². The molecule has 0 bridgehead atoms. The van der Waals surface area contributed by atoms with E-state index in [9.17, 15) is 9.59 Å². The van der Waals surface area contributed by atoms with Gasteiger partial charge in [-0.1, -0.05) is 20.8 Å². The topological polar surface area (TPSA) is 76.7 Å². The van der Waals surface area contributed by atoms with Crippen LogP contribution in [0.5, 0.6) is 5.75 Å². The van der Waals surface area contributed by atoms with E-state index in [1.165, 1.54) is 13.2 Å². The number of carbonyl (C=O) groups excluding carboxylic acids is 1. The van der Waals surface area contributed by atoms with Crippen LogP contribution in [0.3, 0.4) is 0 Å². The van der Waals surface area contributed by atoms with Crippen LogP contribution in [-0.4, -0.2) is 48.7 Å². The van der Waals surface area contributed by atoms with Crippen LogP contribution in [0.15, 0.2) is 27.4 Å². The second-order valence-corrected chi connectivity index (χ2v) is 9.19. The highest BCUT2D eigenvalue weighted by Crippen LogP contribution is 2.24. The van der Waals surface area contributed by atoms with Crippen LogP contribution in [0.4, 0.5) is 0 Å². The number of rotatable bonds is 9. The number of hydrogen-bond donors (Lipinski definition) is 1. The zero-order valence-corrected chi connectivity index (χ0v) is 20.1. The molecule has 3 rings (SSSR count). The lowest BCUT2D eigenvalue weighted by Crippen LogP contribution is -2.32. The van der Waals surface area contributed by atoms with Crippen molar-refractivity contribution >= 4 is 5.91 Å². The monoisotopic (exact) mass is 443 g/mol. The van der Waals surface area contributed by atoms with Gasteiger partial charge in [0, 0.05) is 50.3 Å². The molecule has 1 amide bonds. The fraction of sp³-hybridized carbons (Fsp3) is 0.600. The van der Waals surface area contributed by atoms with E-state index in [-0.39, 0.29) is 11.5 Å². The van der Waals surface area contributed by atoms with E-state index in [1.54, 1.807) is 4.57 Å². The van der Waals surface area contributed by atoms with Crippen LogP contribution >= 0.6 is 0 Å². The van der Waals surface area contributed by atoms with Crippen LogP contribution in [0.25, 0.3) is 0 Å². The SMILES string of the molecule is COc1cc(=O)n2c(c1C(=O)NCCC(C)C)CCN(CC[C@H](C)c1ccc(C)o1)CC2. The van der Waals surface area contributed by atoms with Gasteiger partial charge in [0.1, 0.15) is 22.8 Å². The lowest BCUT2D eigenvalue weighted by Gasteiger charge is -2.21. The zero-order valence-electron chi connectivity index (χ0n) is 20.1. The largest absolute Gasteiger partial charge is 0.496 e. The van der Waals surface area contributed by atoms with E-state index in [2.05, 4.69) is 31.0 Å². The second-order valence-electron chi connectivity index (χ2n) is 9.19. The molecule has 0 fully saturated rings. The normalized spacial score (nSPS) is 15.3. The highest BCUT2D eigenvalue weighted by atomic mass is 16.5. The predicted molar refractivity (Wildman–Crippen MR) is 126 cm³/mol. The molecule has 0 aliphatic carbocycles. The summed E-state index contributed by atoms with van der Waals surface area (Å²) in [5, 5.41) is 3.01. The Balaban J connectivity index is 1.72. The molecule has 2 aromatic rings. The summed E-state index contributed by atoms with van der Waals surface area (Å²) in [6.45, 7) is 12.1. The minimum atomic E-state index is -0.165. The highest BCUT2D eigenvalue weighted by molar-refractivity contribution is 5.98. The van der Waals surface area contributed by atoms with Gasteiger partial charge in [-0.05, 0) is 44.4 Å². The second kappa shape index (κ2) is 10.9. The lowest BCUT2D eigenvalue weighted by atomic mass is 10.0. The molecule has 3 heterocycles. The summed E-state index contributed by atoms with van der Waals surface area (Å²) in [4.78, 5) is 28.1. The Hall–Kier alpha value is -2.54. The summed E-state index contributed by atoms with van der Waals surface area (Å²) < 4.78 is 13.0. The molecule has 0 unspecified atom stereocenters. The number of nitrogens with one attached hydrogen (secondary N) is 1. The maximum absolute atomic E-state index is 13.0. The van der Waals surface area contributed by atoms with Crippen LogP contribution < -0.4 is 15.6 Å². The van der Waals surface area contributed by atoms with Crippen LogP contribution in [0.1, 0.15) is 67.1 Å². The number of furan rings is 1. The molecule has 1 atom stereocenters. The molecule has 176 valence electrons. The fourth-order valence-corrected chi connectivity index (χ4v) is 4.22. The Bertz CT molecular complexity index is 976. The van der Waals surface area contributed by atoms with Crippen molar-refractivity contribution in [3.8, 4) is 5.75 Å². The molecule has 0 radical (unpaired) electrons. The summed E-state index contributed by atoms with van der Waals surface area (Å²) in [5.41, 5.74) is 1.16. The minimum Gasteiger partial charge on any atom is -0.496 e. The van der Waals surface area contributed by atoms with Gasteiger partial charge in [0.05, 0.1) is 7.11 Å². The number of hydrogen-bond acceptors (Lipinski definition) is 5. The standard InChI is InChI=1S/C25H37N3O4/c1-17(2)8-11-26-25(30)24-20-10-13-27(12-9-18(3)21-7-6-19(4)32-21)14-15-28(20)23(29)16-22(24)31-5/h6-7,16-18H,8-15H2,1-5H3,(H,26,30)/t18-/m0/s1. The van der Waals surface area contributed by atoms with Gasteiger partial charge in [-0.25, -0.2) is 0 Å². The van der Waals surface area contributed by atoms with E-state index >= 15 is 0 Å². The number of aryl methyl sites for hydroxylation is 1. The first kappa shape index (κ1) is 24.1. The Labute approximate surface area is 190 Å². The average molecular weight is 444 g/mol. The number of carbonyl (C=O) groups is 1. The summed E-state index contributed by atoms with van der Waals surface area (Å²) in [5.74, 6) is 2.99. The van der Waals surface area contributed by atoms with Crippen molar-refractivity contribution in [3.63, 3.8) is 0 Å². The molecule has 0 aromatic carbocycles. The van der Waals surface area contributed by atoms with Crippen molar-refractivity contribution in [1.29, 1.82) is 0 Å². The molecule has 32 heavy (non-hydrogen) atoms. The molecule has 0 saturated carbocycles. The van der Waals surface area contributed by atoms with E-state index in [4.69, 9.17) is 9.15 Å². The predicted octanol–water partition coefficient (Wildman–Crippen LogP) is 3.59. The van der Waals surface area contributed by atoms with Crippen molar-refractivity contribution in [2.24, 2.45) is 5.92 Å². The van der Waals surface area contributed by atoms with Gasteiger partial charge in [-0.2, -0.15) is 0 Å². The van der Waals surface area contributed by atoms with E-state index in [1.807, 2.05) is 19.1 Å². The fourth-order valence-electron chi connectivity index (χ4n) is 4.22. The number of ether oxygens (including phenoxy) is 1. The third-order valence-electron chi connectivity index (χ3n) is 6.27. The van der Waals surface area contributed by atoms with Gasteiger partial charge < -0.3 is 23.9 Å². The molecule has 1 aliphatic heterocycles. The molecular formula is C25H37N3O4. The van der Waals surface area contributed by atoms with Gasteiger partial charge in [0.2, 0.25) is 0 Å². The quantitative estimate of drug-likeness (QED) is 0.641. The summed E-state index contributed by atoms with van der Waals surface area (Å²) >= 11 is 0. The number of fused-ring (bicyclic) bond motifs is 1. The zero-order chi connectivity index (χ0) is 23.3. The first-order valence-corrected chi connectivity index (χ1v) is 11.7. The van der Waals surface area contributed by atoms with Gasteiger partial charge in [-0.15, -0.1) is 0 Å². The molecule has 7 heteroatoms. The number of methoxy groups -OCH3 is 1. The van der Waals surface area contributed by atoms with Gasteiger partial charge >= 0.3 is 0 Å². The van der Waals surface area contributed by atoms with Crippen molar-refractivity contribution in [3.05, 3.63) is 51.3 Å². The smallest absolute Gasteiger partial charge is 0.256 e. The van der Waals surface area contributed by atoms with E-state index in [0.717, 1.165) is 49.7 Å². The Morgan fingerprint density at radius 1 is 1.19 bits per heavy atom. The van der Waals surface area contributed by atoms with Crippen molar-refractivity contribution in [2.45, 2.75) is 59.4 Å². The Morgan fingerprint density at radius 3 is 2.62 bits per heavy atom. The third-order valence-corrected chi connectivity index (χ3v) is 6.27. The molecule has 2 aromatic heterocycles. The average Bonchev–Trinajstić information content (AvgIpc) is 3.07. The number of aromatic nitrogens is 1. The minimum absolute atomic E-state index is 0.114. The molecule has 0 saturated heterocycles. The van der Waals surface area contributed by atoms with Gasteiger partial charge in [0.25, 0.3) is 11.5 Å². The molecular weight excluding hydrogens is 406 g/mol. The summed E-state index contributed by atoms with van der Waals surface area (Å²) in [7, 11) is 1.51. The van der Waals surface area contributed by atoms with Crippen LogP contribution in [0.2, 0.25) is 0 Å². The third kappa shape index (κ3) is 5.82. The number of amides is 1. The van der Waals surface area contributed by atoms with Gasteiger partial charge in [-0.3, -0.25) is 9.59 Å². The maximum atomic E-state index is 13.0. The highest BCUT2D eigenvalue weighted by Gasteiger charge is 2.25. The lowest BCUT2D eigenvalue weighted by molar-refractivity contribution is 0.0946. The molecule has 1 N–H and O–H groups in total. The van der Waals surface area contributed by atoms with Gasteiger partial charge in [0.15, 0.2) is 0 Å². The molecule has 7 nitrogen and oxygen atoms in total. The van der Waals surface area contributed by atoms with E-state index in [0.29, 0.717) is 42.7 Å². The van der Waals surface area contributed by atoms with Crippen molar-refractivity contribution in [2.75, 3.05) is 33.3 Å². The summed E-state index contributed by atoms with van der Waals surface area (Å²) in [6, 6.07) is 5.49. The Morgan fingerprint density at radius 2 is 1.97 bits per heavy atom. The summed E-state index contributed by atoms with van der Waals surface area (Å²) in [6.07, 6.45) is 2.52. The van der Waals surface area contributed by atoms with Crippen LogP contribution in [-0.2, 0) is 13.0 Å². The number of pyridine rings is 1. The number of nitrogens with zero attached hydrogens (tertiary/aromatic N) is 2. The van der Waals surface area contributed by atoms with Crippen LogP contribution in [0, 0.1) is 12.8 Å². The van der Waals surface area contributed by atoms with Crippen molar-refractivity contribution < 1.29 is 13.9 Å². The first-order valence-electron chi connectivity index (χ1n) is 11.7. The maximum Gasteiger partial charge on any atom is 0.256 e.